The quantitative estimate of drug-likeness (QED) is 0.647. The van der Waals surface area contributed by atoms with E-state index in [0.29, 0.717) is 0 Å². The van der Waals surface area contributed by atoms with Gasteiger partial charge in [-0.2, -0.15) is 0 Å². The zero-order chi connectivity index (χ0) is 19.3. The van der Waals surface area contributed by atoms with Gasteiger partial charge in [-0.1, -0.05) is 6.92 Å². The Bertz CT molecular complexity index is 1020. The third kappa shape index (κ3) is 2.96. The molecular weight excluding hydrogens is 416 g/mol. The van der Waals surface area contributed by atoms with Crippen molar-refractivity contribution in [3.05, 3.63) is 40.9 Å². The Morgan fingerprint density at radius 1 is 1.11 bits per heavy atom. The molecule has 0 aromatic carbocycles. The topological polar surface area (TPSA) is 60.9 Å². The van der Waals surface area contributed by atoms with Gasteiger partial charge in [0.05, 0.1) is 11.1 Å². The van der Waals surface area contributed by atoms with Crippen molar-refractivity contribution in [2.45, 2.75) is 26.7 Å². The Hall–Kier alpha value is -2.15. The minimum Gasteiger partial charge on any atom is -0.356 e. The van der Waals surface area contributed by atoms with Crippen LogP contribution in [0.1, 0.15) is 25.5 Å². The third-order valence-electron chi connectivity index (χ3n) is 6.55. The molecule has 2 fully saturated rings. The number of pyridine rings is 1. The van der Waals surface area contributed by atoms with E-state index in [9.17, 15) is 0 Å². The van der Waals surface area contributed by atoms with E-state index in [2.05, 4.69) is 72.7 Å². The number of hydrogen-bond acceptors (Lipinski definition) is 5. The summed E-state index contributed by atoms with van der Waals surface area (Å²) in [6.07, 6.45) is 6.06. The second-order valence-electron chi connectivity index (χ2n) is 8.45. The van der Waals surface area contributed by atoms with E-state index >= 15 is 0 Å². The number of piperidine rings is 2. The highest BCUT2D eigenvalue weighted by molar-refractivity contribution is 9.10. The number of hydrogen-bond donors (Lipinski definition) is 1. The fraction of sp³-hybridized carbons (Fsp3) is 0.476. The van der Waals surface area contributed by atoms with Crippen LogP contribution >= 0.6 is 15.9 Å². The van der Waals surface area contributed by atoms with Crippen LogP contribution in [0.25, 0.3) is 11.0 Å². The molecule has 1 N–H and O–H groups in total. The highest BCUT2D eigenvalue weighted by Gasteiger charge is 2.44. The lowest BCUT2D eigenvalue weighted by Gasteiger charge is -2.52. The largest absolute Gasteiger partial charge is 0.356 e. The van der Waals surface area contributed by atoms with Gasteiger partial charge in [0.1, 0.15) is 23.6 Å². The van der Waals surface area contributed by atoms with E-state index < -0.39 is 0 Å². The summed E-state index contributed by atoms with van der Waals surface area (Å²) >= 11 is 3.57. The van der Waals surface area contributed by atoms with E-state index in [1.54, 1.807) is 6.33 Å². The summed E-state index contributed by atoms with van der Waals surface area (Å²) in [5, 5.41) is 1.11. The van der Waals surface area contributed by atoms with Crippen molar-refractivity contribution < 1.29 is 0 Å². The fourth-order valence-electron chi connectivity index (χ4n) is 5.00. The predicted molar refractivity (Wildman–Crippen MR) is 116 cm³/mol. The molecule has 0 aliphatic carbocycles. The first-order chi connectivity index (χ1) is 13.5. The summed E-state index contributed by atoms with van der Waals surface area (Å²) in [6, 6.07) is 6.33. The summed E-state index contributed by atoms with van der Waals surface area (Å²) in [7, 11) is 0. The van der Waals surface area contributed by atoms with Crippen LogP contribution in [0.2, 0.25) is 0 Å². The molecule has 2 aliphatic rings. The normalized spacial score (nSPS) is 25.2. The summed E-state index contributed by atoms with van der Waals surface area (Å²) < 4.78 is 1.07. The fourth-order valence-corrected chi connectivity index (χ4v) is 5.22. The number of fused-ring (bicyclic) bond motifs is 2. The molecule has 2 saturated heterocycles. The van der Waals surface area contributed by atoms with Gasteiger partial charge in [-0.25, -0.2) is 15.0 Å². The highest BCUT2D eigenvalue weighted by Crippen LogP contribution is 2.44. The van der Waals surface area contributed by atoms with Crippen molar-refractivity contribution in [3.8, 4) is 0 Å². The molecule has 7 heteroatoms. The van der Waals surface area contributed by atoms with Crippen LogP contribution in [-0.2, 0) is 0 Å². The third-order valence-corrected chi connectivity index (χ3v) is 7.39. The van der Waals surface area contributed by atoms with Gasteiger partial charge in [-0.05, 0) is 59.8 Å². The van der Waals surface area contributed by atoms with Crippen LogP contribution in [-0.4, -0.2) is 46.1 Å². The second-order valence-corrected chi connectivity index (χ2v) is 9.30. The molecule has 0 unspecified atom stereocenters. The summed E-state index contributed by atoms with van der Waals surface area (Å²) in [5.41, 5.74) is 2.18. The number of nitrogens with one attached hydrogen (secondary N) is 1. The average Bonchev–Trinajstić information content (AvgIpc) is 3.17. The maximum Gasteiger partial charge on any atom is 0.142 e. The van der Waals surface area contributed by atoms with E-state index in [1.165, 1.54) is 12.8 Å². The molecule has 0 saturated carbocycles. The number of halogens is 1. The van der Waals surface area contributed by atoms with Gasteiger partial charge in [0, 0.05) is 42.3 Å². The minimum absolute atomic E-state index is 0.215. The van der Waals surface area contributed by atoms with Gasteiger partial charge < -0.3 is 14.8 Å². The molecule has 0 spiro atoms. The average molecular weight is 441 g/mol. The van der Waals surface area contributed by atoms with Gasteiger partial charge >= 0.3 is 0 Å². The molecule has 0 amide bonds. The first-order valence-corrected chi connectivity index (χ1v) is 10.7. The zero-order valence-electron chi connectivity index (χ0n) is 16.3. The van der Waals surface area contributed by atoms with E-state index in [4.69, 9.17) is 4.98 Å². The highest BCUT2D eigenvalue weighted by atomic mass is 79.9. The number of H-pyrrole nitrogens is 1. The van der Waals surface area contributed by atoms with Crippen molar-refractivity contribution in [1.29, 1.82) is 0 Å². The van der Waals surface area contributed by atoms with Gasteiger partial charge in [-0.3, -0.25) is 0 Å². The Balaban J connectivity index is 1.42. The first-order valence-electron chi connectivity index (χ1n) is 9.95. The number of nitrogens with zero attached hydrogens (tertiary/aromatic N) is 5. The summed E-state index contributed by atoms with van der Waals surface area (Å²) in [6.45, 7) is 8.69. The lowest BCUT2D eigenvalue weighted by molar-refractivity contribution is 0.125. The van der Waals surface area contributed by atoms with Crippen LogP contribution in [0.4, 0.5) is 11.6 Å². The smallest absolute Gasteiger partial charge is 0.142 e. The first kappa shape index (κ1) is 17.9. The SMILES string of the molecule is Cc1nc(N2CC[C@H]3CCN(c4ncnc5[nH]ccc45)C[C@@]3(C)C2)ccc1Br. The summed E-state index contributed by atoms with van der Waals surface area (Å²) in [4.78, 5) is 21.9. The molecule has 3 aromatic heterocycles. The Morgan fingerprint density at radius 3 is 2.71 bits per heavy atom. The van der Waals surface area contributed by atoms with Crippen LogP contribution < -0.4 is 9.80 Å². The van der Waals surface area contributed by atoms with Gasteiger partial charge in [0.15, 0.2) is 0 Å². The van der Waals surface area contributed by atoms with Gasteiger partial charge in [0.25, 0.3) is 0 Å². The maximum absolute atomic E-state index is 4.82. The molecule has 0 radical (unpaired) electrons. The molecule has 5 heterocycles. The monoisotopic (exact) mass is 440 g/mol. The predicted octanol–water partition coefficient (Wildman–Crippen LogP) is 4.17. The van der Waals surface area contributed by atoms with Crippen LogP contribution in [0, 0.1) is 18.3 Å². The summed E-state index contributed by atoms with van der Waals surface area (Å²) in [5.74, 6) is 2.90. The van der Waals surface area contributed by atoms with Gasteiger partial charge in [0.2, 0.25) is 0 Å². The standard InChI is InChI=1S/C21H25BrN6/c1-14-17(22)3-4-18(26-14)27-9-6-15-7-10-28(12-21(15,2)11-27)20-16-5-8-23-19(16)24-13-25-20/h3-5,8,13,15H,6-7,9-12H2,1-2H3,(H,23,24,25)/t15-,21+/m0/s1. The van der Waals surface area contributed by atoms with Crippen molar-refractivity contribution in [1.82, 2.24) is 19.9 Å². The van der Waals surface area contributed by atoms with E-state index in [-0.39, 0.29) is 5.41 Å². The molecule has 2 atom stereocenters. The molecule has 3 aromatic rings. The second kappa shape index (κ2) is 6.72. The Labute approximate surface area is 173 Å². The molecule has 2 aliphatic heterocycles. The van der Waals surface area contributed by atoms with Crippen molar-refractivity contribution in [2.75, 3.05) is 36.0 Å². The van der Waals surface area contributed by atoms with Crippen molar-refractivity contribution in [3.63, 3.8) is 0 Å². The number of anilines is 2. The molecule has 6 nitrogen and oxygen atoms in total. The lowest BCUT2D eigenvalue weighted by Crippen LogP contribution is -2.57. The molecular formula is C21H25BrN6. The molecule has 28 heavy (non-hydrogen) atoms. The van der Waals surface area contributed by atoms with Crippen molar-refractivity contribution >= 4 is 38.6 Å². The number of aromatic amines is 1. The molecule has 5 rings (SSSR count). The number of rotatable bonds is 2. The van der Waals surface area contributed by atoms with E-state index in [0.717, 1.165) is 64.9 Å². The van der Waals surface area contributed by atoms with Crippen LogP contribution in [0.3, 0.4) is 0 Å². The van der Waals surface area contributed by atoms with E-state index in [1.807, 2.05) is 6.20 Å². The van der Waals surface area contributed by atoms with Crippen molar-refractivity contribution in [2.24, 2.45) is 11.3 Å². The number of aromatic nitrogens is 4. The Kier molecular flexibility index (Phi) is 4.30. The van der Waals surface area contributed by atoms with Crippen LogP contribution in [0.5, 0.6) is 0 Å². The molecule has 146 valence electrons. The molecule has 0 bridgehead atoms. The zero-order valence-corrected chi connectivity index (χ0v) is 17.9. The van der Waals surface area contributed by atoms with Crippen LogP contribution in [0.15, 0.2) is 35.2 Å². The Morgan fingerprint density at radius 2 is 1.89 bits per heavy atom. The minimum atomic E-state index is 0.215. The maximum atomic E-state index is 4.82. The number of aryl methyl sites for hydroxylation is 1. The van der Waals surface area contributed by atoms with Gasteiger partial charge in [-0.15, -0.1) is 0 Å². The lowest BCUT2D eigenvalue weighted by atomic mass is 9.68.